The predicted molar refractivity (Wildman–Crippen MR) is 101 cm³/mol. The van der Waals surface area contributed by atoms with Crippen LogP contribution < -0.4 is 16.4 Å². The number of hydrogen-bond donors (Lipinski definition) is 3. The fourth-order valence-corrected chi connectivity index (χ4v) is 2.74. The summed E-state index contributed by atoms with van der Waals surface area (Å²) in [6.45, 7) is 5.21. The van der Waals surface area contributed by atoms with Gasteiger partial charge >= 0.3 is 12.1 Å². The average molecular weight is 400 g/mol. The molecule has 9 nitrogen and oxygen atoms in total. The highest BCUT2D eigenvalue weighted by Gasteiger charge is 2.29. The first-order valence-corrected chi connectivity index (χ1v) is 9.23. The van der Waals surface area contributed by atoms with Crippen LogP contribution in [0.3, 0.4) is 0 Å². The lowest BCUT2D eigenvalue weighted by Gasteiger charge is -2.24. The summed E-state index contributed by atoms with van der Waals surface area (Å²) < 4.78 is 10.7. The van der Waals surface area contributed by atoms with Crippen molar-refractivity contribution >= 4 is 35.2 Å². The van der Waals surface area contributed by atoms with Crippen LogP contribution >= 0.6 is 11.6 Å². The van der Waals surface area contributed by atoms with E-state index in [1.54, 1.807) is 20.8 Å². The Balaban J connectivity index is 2.04. The second kappa shape index (κ2) is 9.07. The van der Waals surface area contributed by atoms with Crippen LogP contribution in [0.5, 0.6) is 0 Å². The fourth-order valence-electron chi connectivity index (χ4n) is 2.61. The molecule has 1 aromatic rings. The van der Waals surface area contributed by atoms with E-state index in [0.29, 0.717) is 0 Å². The number of amides is 1. The number of nitrogens with one attached hydrogen (secondary N) is 2. The number of ether oxygens (including phenoxy) is 2. The van der Waals surface area contributed by atoms with Crippen LogP contribution in [0, 0.1) is 0 Å². The van der Waals surface area contributed by atoms with E-state index in [1.807, 2.05) is 0 Å². The molecule has 0 aliphatic heterocycles. The molecule has 27 heavy (non-hydrogen) atoms. The van der Waals surface area contributed by atoms with Crippen LogP contribution in [0.15, 0.2) is 6.33 Å². The number of aromatic nitrogens is 2. The second-order valence-corrected chi connectivity index (χ2v) is 7.71. The summed E-state index contributed by atoms with van der Waals surface area (Å²) in [4.78, 5) is 32.4. The van der Waals surface area contributed by atoms with Crippen molar-refractivity contribution in [3.05, 3.63) is 11.5 Å². The first-order chi connectivity index (χ1) is 12.7. The van der Waals surface area contributed by atoms with E-state index in [2.05, 4.69) is 20.6 Å². The maximum absolute atomic E-state index is 12.6. The van der Waals surface area contributed by atoms with E-state index in [1.165, 1.54) is 6.33 Å². The van der Waals surface area contributed by atoms with E-state index < -0.39 is 23.7 Å². The van der Waals surface area contributed by atoms with Gasteiger partial charge in [-0.05, 0) is 46.5 Å². The molecule has 1 amide bonds. The molecule has 1 aliphatic carbocycles. The van der Waals surface area contributed by atoms with Crippen molar-refractivity contribution in [2.24, 2.45) is 0 Å². The maximum Gasteiger partial charge on any atom is 0.408 e. The summed E-state index contributed by atoms with van der Waals surface area (Å²) in [5.41, 5.74) is 5.27. The molecular formula is C17H26ClN5O4. The van der Waals surface area contributed by atoms with Gasteiger partial charge in [0.1, 0.15) is 29.8 Å². The topological polar surface area (TPSA) is 128 Å². The van der Waals surface area contributed by atoms with Gasteiger partial charge in [-0.25, -0.2) is 19.6 Å². The van der Waals surface area contributed by atoms with Crippen LogP contribution in [-0.4, -0.2) is 46.3 Å². The molecule has 0 unspecified atom stereocenters. The zero-order valence-corrected chi connectivity index (χ0v) is 16.5. The number of hydrogen-bond acceptors (Lipinski definition) is 8. The molecule has 0 aromatic carbocycles. The number of esters is 1. The molecule has 1 aromatic heterocycles. The van der Waals surface area contributed by atoms with Crippen LogP contribution in [0.25, 0.3) is 0 Å². The van der Waals surface area contributed by atoms with Gasteiger partial charge in [-0.2, -0.15) is 0 Å². The van der Waals surface area contributed by atoms with Crippen molar-refractivity contribution in [3.63, 3.8) is 0 Å². The van der Waals surface area contributed by atoms with E-state index in [9.17, 15) is 9.59 Å². The molecule has 4 N–H and O–H groups in total. The van der Waals surface area contributed by atoms with E-state index >= 15 is 0 Å². The Morgan fingerprint density at radius 1 is 1.33 bits per heavy atom. The van der Waals surface area contributed by atoms with Crippen molar-refractivity contribution in [1.29, 1.82) is 0 Å². The van der Waals surface area contributed by atoms with Gasteiger partial charge in [0, 0.05) is 6.54 Å². The lowest BCUT2D eigenvalue weighted by molar-refractivity contribution is -0.150. The zero-order chi connectivity index (χ0) is 20.0. The van der Waals surface area contributed by atoms with Gasteiger partial charge in [0.25, 0.3) is 0 Å². The summed E-state index contributed by atoms with van der Waals surface area (Å²) in [6, 6.07) is -0.978. The Bertz CT molecular complexity index is 674. The number of alkyl carbamates (subject to hydrolysis) is 1. The van der Waals surface area contributed by atoms with Crippen LogP contribution in [0.1, 0.15) is 46.5 Å². The van der Waals surface area contributed by atoms with Gasteiger partial charge in [0.2, 0.25) is 0 Å². The second-order valence-electron chi connectivity index (χ2n) is 7.35. The molecule has 1 fully saturated rings. The molecule has 0 spiro atoms. The monoisotopic (exact) mass is 399 g/mol. The van der Waals surface area contributed by atoms with Crippen molar-refractivity contribution in [2.75, 3.05) is 17.6 Å². The van der Waals surface area contributed by atoms with Crippen molar-refractivity contribution in [1.82, 2.24) is 15.3 Å². The van der Waals surface area contributed by atoms with Gasteiger partial charge in [-0.15, -0.1) is 0 Å². The van der Waals surface area contributed by atoms with Gasteiger partial charge in [-0.1, -0.05) is 11.6 Å². The number of carbonyl (C=O) groups is 2. The minimum absolute atomic E-state index is 0.00232. The Morgan fingerprint density at radius 3 is 2.63 bits per heavy atom. The first-order valence-electron chi connectivity index (χ1n) is 8.85. The minimum atomic E-state index is -0.978. The molecule has 10 heteroatoms. The molecule has 1 heterocycles. The normalized spacial score (nSPS) is 15.9. The lowest BCUT2D eigenvalue weighted by Crippen LogP contribution is -2.48. The first kappa shape index (κ1) is 21.0. The Morgan fingerprint density at radius 2 is 2.00 bits per heavy atom. The molecular weight excluding hydrogens is 374 g/mol. The third-order valence-corrected chi connectivity index (χ3v) is 4.17. The summed E-state index contributed by atoms with van der Waals surface area (Å²) in [7, 11) is 0. The standard InChI is InChI=1S/C17H26ClN5O4/c1-17(2,3)27-16(25)23-11(15(24)26-10-6-4-5-7-10)8-20-14-12(19)13(18)21-9-22-14/h9-11H,4-8,19H2,1-3H3,(H,23,25)(H,20,21,22)/t11-/m0/s1. The van der Waals surface area contributed by atoms with Crippen molar-refractivity contribution in [3.8, 4) is 0 Å². The molecule has 1 aliphatic rings. The Labute approximate surface area is 163 Å². The van der Waals surface area contributed by atoms with E-state index in [0.717, 1.165) is 25.7 Å². The van der Waals surface area contributed by atoms with Crippen molar-refractivity contribution in [2.45, 2.75) is 64.2 Å². The summed E-state index contributed by atoms with van der Waals surface area (Å²) >= 11 is 5.86. The average Bonchev–Trinajstić information content (AvgIpc) is 3.06. The fraction of sp³-hybridized carbons (Fsp3) is 0.647. The van der Waals surface area contributed by atoms with Crippen LogP contribution in [-0.2, 0) is 14.3 Å². The number of anilines is 2. The predicted octanol–water partition coefficient (Wildman–Crippen LogP) is 2.50. The molecule has 0 saturated heterocycles. The lowest BCUT2D eigenvalue weighted by atomic mass is 10.2. The largest absolute Gasteiger partial charge is 0.461 e. The highest BCUT2D eigenvalue weighted by atomic mass is 35.5. The molecule has 150 valence electrons. The summed E-state index contributed by atoms with van der Waals surface area (Å²) in [5.74, 6) is -0.279. The molecule has 1 atom stereocenters. The molecule has 2 rings (SSSR count). The summed E-state index contributed by atoms with van der Waals surface area (Å²) in [6.07, 6.45) is 4.10. The number of halogens is 1. The third kappa shape index (κ3) is 6.74. The Kier molecular flexibility index (Phi) is 7.06. The van der Waals surface area contributed by atoms with Gasteiger partial charge < -0.3 is 25.8 Å². The number of rotatable bonds is 6. The highest BCUT2D eigenvalue weighted by molar-refractivity contribution is 6.32. The molecule has 1 saturated carbocycles. The number of nitrogen functional groups attached to an aromatic ring is 1. The zero-order valence-electron chi connectivity index (χ0n) is 15.8. The smallest absolute Gasteiger partial charge is 0.408 e. The van der Waals surface area contributed by atoms with Crippen LogP contribution in [0.2, 0.25) is 5.15 Å². The van der Waals surface area contributed by atoms with E-state index in [-0.39, 0.29) is 29.3 Å². The van der Waals surface area contributed by atoms with E-state index in [4.69, 9.17) is 26.8 Å². The quantitative estimate of drug-likeness (QED) is 0.491. The highest BCUT2D eigenvalue weighted by Crippen LogP contribution is 2.23. The van der Waals surface area contributed by atoms with Gasteiger partial charge in [-0.3, -0.25) is 0 Å². The SMILES string of the molecule is CC(C)(C)OC(=O)N[C@@H](CNc1ncnc(Cl)c1N)C(=O)OC1CCCC1. The number of nitrogens with zero attached hydrogens (tertiary/aromatic N) is 2. The van der Waals surface area contributed by atoms with Gasteiger partial charge in [0.05, 0.1) is 0 Å². The number of carbonyl (C=O) groups excluding carboxylic acids is 2. The Hall–Kier alpha value is -2.29. The third-order valence-electron chi connectivity index (χ3n) is 3.87. The minimum Gasteiger partial charge on any atom is -0.461 e. The van der Waals surface area contributed by atoms with Crippen LogP contribution in [0.4, 0.5) is 16.3 Å². The van der Waals surface area contributed by atoms with Gasteiger partial charge in [0.15, 0.2) is 11.0 Å². The maximum atomic E-state index is 12.6. The number of nitrogens with two attached hydrogens (primary N) is 1. The molecule has 0 radical (unpaired) electrons. The molecule has 0 bridgehead atoms. The summed E-state index contributed by atoms with van der Waals surface area (Å²) in [5, 5.41) is 5.53. The van der Waals surface area contributed by atoms with Crippen molar-refractivity contribution < 1.29 is 19.1 Å².